The Labute approximate surface area is 146 Å². The van der Waals surface area contributed by atoms with Crippen LogP contribution >= 0.6 is 0 Å². The van der Waals surface area contributed by atoms with Crippen molar-refractivity contribution in [1.82, 2.24) is 19.8 Å². The van der Waals surface area contributed by atoms with Gasteiger partial charge >= 0.3 is 6.03 Å². The Kier molecular flexibility index (Phi) is 5.20. The van der Waals surface area contributed by atoms with E-state index in [9.17, 15) is 9.59 Å². The minimum atomic E-state index is -0.447. The number of likely N-dealkylation sites (tertiary alicyclic amines) is 1. The molecule has 2 aliphatic heterocycles. The smallest absolute Gasteiger partial charge is 0.314 e. The van der Waals surface area contributed by atoms with Gasteiger partial charge in [-0.25, -0.2) is 9.78 Å². The molecule has 9 nitrogen and oxygen atoms in total. The van der Waals surface area contributed by atoms with Gasteiger partial charge in [0, 0.05) is 51.5 Å². The lowest BCUT2D eigenvalue weighted by Crippen LogP contribution is -2.53. The molecule has 0 aliphatic carbocycles. The van der Waals surface area contributed by atoms with Crippen molar-refractivity contribution in [1.29, 1.82) is 0 Å². The number of aromatic nitrogens is 2. The zero-order chi connectivity index (χ0) is 17.8. The van der Waals surface area contributed by atoms with Crippen LogP contribution in [0.4, 0.5) is 10.7 Å². The SMILES string of the molecule is COc1ccnc(N2CCN(C(=O)[C@H]3CCCN(C(N)=O)C3)CC2)n1. The number of urea groups is 1. The molecule has 9 heteroatoms. The molecule has 0 spiro atoms. The maximum Gasteiger partial charge on any atom is 0.314 e. The van der Waals surface area contributed by atoms with Crippen molar-refractivity contribution in [2.24, 2.45) is 11.7 Å². The monoisotopic (exact) mass is 348 g/mol. The van der Waals surface area contributed by atoms with Crippen molar-refractivity contribution in [3.05, 3.63) is 12.3 Å². The van der Waals surface area contributed by atoms with Crippen LogP contribution in [0.15, 0.2) is 12.3 Å². The fourth-order valence-electron chi connectivity index (χ4n) is 3.36. The fraction of sp³-hybridized carbons (Fsp3) is 0.625. The second kappa shape index (κ2) is 7.54. The second-order valence-corrected chi connectivity index (χ2v) is 6.33. The van der Waals surface area contributed by atoms with E-state index in [2.05, 4.69) is 9.97 Å². The Balaban J connectivity index is 1.56. The van der Waals surface area contributed by atoms with Gasteiger partial charge < -0.3 is 25.2 Å². The van der Waals surface area contributed by atoms with E-state index in [0.29, 0.717) is 51.1 Å². The van der Waals surface area contributed by atoms with E-state index >= 15 is 0 Å². The number of methoxy groups -OCH3 is 1. The van der Waals surface area contributed by atoms with Crippen LogP contribution in [0.2, 0.25) is 0 Å². The summed E-state index contributed by atoms with van der Waals surface area (Å²) in [4.78, 5) is 38.2. The molecule has 3 heterocycles. The molecule has 0 saturated carbocycles. The largest absolute Gasteiger partial charge is 0.481 e. The number of piperazine rings is 1. The number of carbonyl (C=O) groups excluding carboxylic acids is 2. The summed E-state index contributed by atoms with van der Waals surface area (Å²) >= 11 is 0. The number of anilines is 1. The van der Waals surface area contributed by atoms with Crippen molar-refractivity contribution in [2.75, 3.05) is 51.3 Å². The topological polar surface area (TPSA) is 105 Å². The molecule has 0 aromatic carbocycles. The van der Waals surface area contributed by atoms with Crippen molar-refractivity contribution in [3.8, 4) is 5.88 Å². The van der Waals surface area contributed by atoms with Gasteiger partial charge in [-0.1, -0.05) is 0 Å². The Morgan fingerprint density at radius 3 is 2.64 bits per heavy atom. The minimum absolute atomic E-state index is 0.108. The number of rotatable bonds is 3. The third-order valence-electron chi connectivity index (χ3n) is 4.78. The van der Waals surface area contributed by atoms with Crippen LogP contribution in [-0.4, -0.2) is 78.1 Å². The van der Waals surface area contributed by atoms with Gasteiger partial charge in [-0.3, -0.25) is 4.79 Å². The molecular weight excluding hydrogens is 324 g/mol. The number of hydrogen-bond donors (Lipinski definition) is 1. The van der Waals surface area contributed by atoms with E-state index in [4.69, 9.17) is 10.5 Å². The highest BCUT2D eigenvalue weighted by Gasteiger charge is 2.32. The maximum absolute atomic E-state index is 12.7. The van der Waals surface area contributed by atoms with Crippen LogP contribution < -0.4 is 15.4 Å². The van der Waals surface area contributed by atoms with Crippen LogP contribution in [0.1, 0.15) is 12.8 Å². The molecule has 3 rings (SSSR count). The van der Waals surface area contributed by atoms with Gasteiger partial charge in [-0.15, -0.1) is 0 Å². The molecule has 0 bridgehead atoms. The number of nitrogens with two attached hydrogens (primary N) is 1. The first-order valence-corrected chi connectivity index (χ1v) is 8.53. The summed E-state index contributed by atoms with van der Waals surface area (Å²) in [5, 5.41) is 0. The number of nitrogens with zero attached hydrogens (tertiary/aromatic N) is 5. The molecule has 1 atom stereocenters. The number of piperidine rings is 1. The quantitative estimate of drug-likeness (QED) is 0.819. The summed E-state index contributed by atoms with van der Waals surface area (Å²) in [5.74, 6) is 1.10. The lowest BCUT2D eigenvalue weighted by Gasteiger charge is -2.38. The van der Waals surface area contributed by atoms with Crippen LogP contribution in [0, 0.1) is 5.92 Å². The standard InChI is InChI=1S/C16H24N6O3/c1-25-13-4-5-18-16(19-13)21-9-7-20(8-10-21)14(23)12-3-2-6-22(11-12)15(17)24/h4-5,12H,2-3,6-11H2,1H3,(H2,17,24)/t12-/m0/s1. The molecule has 136 valence electrons. The first-order chi connectivity index (χ1) is 12.1. The first-order valence-electron chi connectivity index (χ1n) is 8.53. The second-order valence-electron chi connectivity index (χ2n) is 6.33. The molecule has 0 unspecified atom stereocenters. The predicted molar refractivity (Wildman–Crippen MR) is 91.3 cm³/mol. The molecule has 25 heavy (non-hydrogen) atoms. The molecule has 2 fully saturated rings. The van der Waals surface area contributed by atoms with Gasteiger partial charge in [0.2, 0.25) is 17.7 Å². The highest BCUT2D eigenvalue weighted by Crippen LogP contribution is 2.21. The highest BCUT2D eigenvalue weighted by atomic mass is 16.5. The summed E-state index contributed by atoms with van der Waals surface area (Å²) in [6.07, 6.45) is 3.29. The Hall–Kier alpha value is -2.58. The van der Waals surface area contributed by atoms with Gasteiger partial charge in [-0.05, 0) is 12.8 Å². The van der Waals surface area contributed by atoms with Crippen LogP contribution in [0.25, 0.3) is 0 Å². The zero-order valence-corrected chi connectivity index (χ0v) is 14.4. The lowest BCUT2D eigenvalue weighted by molar-refractivity contribution is -0.137. The van der Waals surface area contributed by atoms with Crippen molar-refractivity contribution in [2.45, 2.75) is 12.8 Å². The predicted octanol–water partition coefficient (Wildman–Crippen LogP) is -0.0755. The Bertz CT molecular complexity index is 632. The third kappa shape index (κ3) is 3.92. The Morgan fingerprint density at radius 2 is 1.96 bits per heavy atom. The zero-order valence-electron chi connectivity index (χ0n) is 14.4. The van der Waals surface area contributed by atoms with Crippen LogP contribution in [-0.2, 0) is 4.79 Å². The van der Waals surface area contributed by atoms with Crippen LogP contribution in [0.3, 0.4) is 0 Å². The molecule has 2 saturated heterocycles. The fourth-order valence-corrected chi connectivity index (χ4v) is 3.36. The average molecular weight is 348 g/mol. The molecule has 0 radical (unpaired) electrons. The minimum Gasteiger partial charge on any atom is -0.481 e. The van der Waals surface area contributed by atoms with E-state index in [1.807, 2.05) is 9.80 Å². The molecule has 2 N–H and O–H groups in total. The third-order valence-corrected chi connectivity index (χ3v) is 4.78. The van der Waals surface area contributed by atoms with Crippen molar-refractivity contribution >= 4 is 17.9 Å². The average Bonchev–Trinajstić information content (AvgIpc) is 2.67. The summed E-state index contributed by atoms with van der Waals surface area (Å²) in [7, 11) is 1.57. The van der Waals surface area contributed by atoms with E-state index in [1.165, 1.54) is 0 Å². The summed E-state index contributed by atoms with van der Waals surface area (Å²) < 4.78 is 5.13. The number of carbonyl (C=O) groups is 2. The molecular formula is C16H24N6O3. The lowest BCUT2D eigenvalue weighted by atomic mass is 9.96. The molecule has 1 aromatic heterocycles. The van der Waals surface area contributed by atoms with Gasteiger partial charge in [0.1, 0.15) is 0 Å². The molecule has 3 amide bonds. The van der Waals surface area contributed by atoms with Gasteiger partial charge in [0.25, 0.3) is 0 Å². The van der Waals surface area contributed by atoms with E-state index in [1.54, 1.807) is 24.3 Å². The van der Waals surface area contributed by atoms with Gasteiger partial charge in [0.15, 0.2) is 0 Å². The van der Waals surface area contributed by atoms with Crippen molar-refractivity contribution in [3.63, 3.8) is 0 Å². The van der Waals surface area contributed by atoms with E-state index in [-0.39, 0.29) is 11.8 Å². The van der Waals surface area contributed by atoms with Crippen LogP contribution in [0.5, 0.6) is 5.88 Å². The van der Waals surface area contributed by atoms with E-state index < -0.39 is 6.03 Å². The molecule has 1 aromatic rings. The number of primary amides is 1. The first kappa shape index (κ1) is 17.2. The van der Waals surface area contributed by atoms with E-state index in [0.717, 1.165) is 12.8 Å². The van der Waals surface area contributed by atoms with Gasteiger partial charge in [-0.2, -0.15) is 4.98 Å². The summed E-state index contributed by atoms with van der Waals surface area (Å²) in [5.41, 5.74) is 5.35. The maximum atomic E-state index is 12.7. The summed E-state index contributed by atoms with van der Waals surface area (Å²) in [6.45, 7) is 3.64. The van der Waals surface area contributed by atoms with Gasteiger partial charge in [0.05, 0.1) is 13.0 Å². The Morgan fingerprint density at radius 1 is 1.20 bits per heavy atom. The number of ether oxygens (including phenoxy) is 1. The summed E-state index contributed by atoms with van der Waals surface area (Å²) in [6, 6.07) is 1.26. The van der Waals surface area contributed by atoms with Crippen molar-refractivity contribution < 1.29 is 14.3 Å². The highest BCUT2D eigenvalue weighted by molar-refractivity contribution is 5.81. The number of hydrogen-bond acceptors (Lipinski definition) is 6. The molecule has 2 aliphatic rings. The number of amides is 3. The normalized spacial score (nSPS) is 21.2.